The Labute approximate surface area is 302 Å². The summed E-state index contributed by atoms with van der Waals surface area (Å²) in [7, 11) is 0. The molecule has 2 amide bonds. The molecule has 0 radical (unpaired) electrons. The topological polar surface area (TPSA) is 161 Å². The molecule has 7 rings (SSSR count). The van der Waals surface area contributed by atoms with E-state index in [1.54, 1.807) is 6.20 Å². The molecule has 1 unspecified atom stereocenters. The van der Waals surface area contributed by atoms with Crippen LogP contribution in [0, 0.1) is 5.82 Å². The number of fused-ring (bicyclic) bond motifs is 1. The van der Waals surface area contributed by atoms with Crippen LogP contribution in [-0.2, 0) is 27.3 Å². The highest BCUT2D eigenvalue weighted by Crippen LogP contribution is 2.37. The first-order valence-corrected chi connectivity index (χ1v) is 16.9. The number of tetrazole rings is 1. The van der Waals surface area contributed by atoms with Crippen molar-refractivity contribution >= 4 is 41.1 Å². The van der Waals surface area contributed by atoms with Gasteiger partial charge in [0.2, 0.25) is 5.91 Å². The quantitative estimate of drug-likeness (QED) is 0.201. The van der Waals surface area contributed by atoms with Crippen LogP contribution in [0.4, 0.5) is 10.1 Å². The summed E-state index contributed by atoms with van der Waals surface area (Å²) in [6, 6.07) is 13.2. The second-order valence-corrected chi connectivity index (χ2v) is 12.7. The van der Waals surface area contributed by atoms with Gasteiger partial charge in [-0.3, -0.25) is 19.2 Å². The summed E-state index contributed by atoms with van der Waals surface area (Å²) in [6.07, 6.45) is 7.99. The molecule has 0 bridgehead atoms. The Morgan fingerprint density at radius 1 is 1.04 bits per heavy atom. The van der Waals surface area contributed by atoms with Crippen molar-refractivity contribution in [2.24, 2.45) is 0 Å². The molecule has 5 aromatic rings. The number of carboxylic acid groups (broad SMARTS) is 1. The minimum Gasteiger partial charge on any atom is -0.478 e. The summed E-state index contributed by atoms with van der Waals surface area (Å²) in [4.78, 5) is 43.3. The molecule has 2 aromatic heterocycles. The van der Waals surface area contributed by atoms with Crippen molar-refractivity contribution in [2.75, 3.05) is 44.7 Å². The highest BCUT2D eigenvalue weighted by atomic mass is 35.5. The van der Waals surface area contributed by atoms with Gasteiger partial charge in [0.1, 0.15) is 12.4 Å². The number of aromatic nitrogens is 6. The van der Waals surface area contributed by atoms with Crippen LogP contribution in [0.1, 0.15) is 33.1 Å². The predicted molar refractivity (Wildman–Crippen MR) is 188 cm³/mol. The Hall–Kier alpha value is -5.77. The van der Waals surface area contributed by atoms with Crippen molar-refractivity contribution in [1.29, 1.82) is 0 Å². The lowest BCUT2D eigenvalue weighted by atomic mass is 9.86. The number of nitrogens with zero attached hydrogens (tertiary/aromatic N) is 8. The van der Waals surface area contributed by atoms with E-state index in [0.717, 1.165) is 49.5 Å². The Morgan fingerprint density at radius 3 is 2.60 bits per heavy atom. The van der Waals surface area contributed by atoms with Crippen LogP contribution in [0.2, 0.25) is 5.02 Å². The van der Waals surface area contributed by atoms with Crippen molar-refractivity contribution in [2.45, 2.75) is 19.0 Å². The number of nitrogens with one attached hydrogen (secondary N) is 1. The number of aromatic carboxylic acids is 1. The zero-order valence-electron chi connectivity index (χ0n) is 27.7. The molecule has 2 N–H and O–H groups in total. The summed E-state index contributed by atoms with van der Waals surface area (Å²) < 4.78 is 23.9. The number of hydrogen-bond acceptors (Lipinski definition) is 9. The molecular formula is C36H33ClFN9O5. The minimum atomic E-state index is -1.10. The molecule has 14 nitrogen and oxygen atoms in total. The molecule has 0 spiro atoms. The van der Waals surface area contributed by atoms with Gasteiger partial charge in [-0.05, 0) is 76.0 Å². The monoisotopic (exact) mass is 725 g/mol. The molecule has 2 aliphatic rings. The number of carbonyl (C=O) groups is 3. The number of amides is 2. The Bertz CT molecular complexity index is 2130. The maximum Gasteiger partial charge on any atom is 0.335 e. The van der Waals surface area contributed by atoms with Gasteiger partial charge >= 0.3 is 5.97 Å². The number of hydrogen-bond donors (Lipinski definition) is 2. The van der Waals surface area contributed by atoms with Crippen LogP contribution < -0.4 is 5.32 Å². The summed E-state index contributed by atoms with van der Waals surface area (Å²) in [5.74, 6) is -2.92. The standard InChI is InChI=1S/C36H33ClFN9O5/c37-30-9-10-31(47-22-39-42-43-47)29(33(30)38)8-11-32(48)46-13-12-27-26(24-20-40-45(21-24)15-14-44-16-18-52-19-17-44)2-1-3-28(27)34(46)35(49)41-25-6-4-23(5-7-25)36(50)51/h1-11,20-22,34H,12-19H2,(H,41,49)(H,50,51). The number of morpholine rings is 1. The SMILES string of the molecule is O=C(O)c1ccc(NC(=O)C2c3cccc(-c4cnn(CCN5CCOCC5)c4)c3CCN2C(=O)C=Cc2c(-n3cnnn3)ccc(Cl)c2F)cc1. The van der Waals surface area contributed by atoms with E-state index in [1.165, 1.54) is 64.5 Å². The van der Waals surface area contributed by atoms with Crippen LogP contribution in [0.5, 0.6) is 0 Å². The van der Waals surface area contributed by atoms with Gasteiger partial charge in [0.15, 0.2) is 5.82 Å². The lowest BCUT2D eigenvalue weighted by molar-refractivity contribution is -0.135. The van der Waals surface area contributed by atoms with Crippen molar-refractivity contribution < 1.29 is 28.6 Å². The average Bonchev–Trinajstić information content (AvgIpc) is 3.88. The van der Waals surface area contributed by atoms with Crippen LogP contribution in [-0.4, -0.2) is 102 Å². The Kier molecular flexibility index (Phi) is 10.2. The third kappa shape index (κ3) is 7.32. The van der Waals surface area contributed by atoms with E-state index in [9.17, 15) is 19.5 Å². The van der Waals surface area contributed by atoms with Gasteiger partial charge in [0, 0.05) is 55.3 Å². The lowest BCUT2D eigenvalue weighted by Crippen LogP contribution is -2.45. The zero-order valence-corrected chi connectivity index (χ0v) is 28.5. The zero-order chi connectivity index (χ0) is 36.2. The van der Waals surface area contributed by atoms with Gasteiger partial charge in [0.05, 0.1) is 42.2 Å². The lowest BCUT2D eigenvalue weighted by Gasteiger charge is -2.36. The van der Waals surface area contributed by atoms with Crippen molar-refractivity contribution in [1.82, 2.24) is 39.8 Å². The number of anilines is 1. The van der Waals surface area contributed by atoms with Crippen molar-refractivity contribution in [3.8, 4) is 16.8 Å². The number of carbonyl (C=O) groups excluding carboxylic acids is 2. The number of ether oxygens (including phenoxy) is 1. The molecule has 0 aliphatic carbocycles. The van der Waals surface area contributed by atoms with Crippen LogP contribution >= 0.6 is 11.6 Å². The highest BCUT2D eigenvalue weighted by Gasteiger charge is 2.36. The molecular weight excluding hydrogens is 693 g/mol. The number of carboxylic acids is 1. The van der Waals surface area contributed by atoms with Gasteiger partial charge in [-0.1, -0.05) is 29.8 Å². The fourth-order valence-electron chi connectivity index (χ4n) is 6.50. The smallest absolute Gasteiger partial charge is 0.335 e. The third-order valence-corrected chi connectivity index (χ3v) is 9.44. The van der Waals surface area contributed by atoms with Gasteiger partial charge < -0.3 is 20.1 Å². The van der Waals surface area contributed by atoms with Crippen molar-refractivity contribution in [3.05, 3.63) is 112 Å². The van der Waals surface area contributed by atoms with Crippen LogP contribution in [0.3, 0.4) is 0 Å². The molecule has 266 valence electrons. The highest BCUT2D eigenvalue weighted by molar-refractivity contribution is 6.31. The Morgan fingerprint density at radius 2 is 1.85 bits per heavy atom. The van der Waals surface area contributed by atoms with Crippen LogP contribution in [0.15, 0.2) is 79.4 Å². The molecule has 1 atom stereocenters. The normalized spacial score (nSPS) is 16.2. The molecule has 3 aromatic carbocycles. The van der Waals surface area contributed by atoms with E-state index in [2.05, 4.69) is 30.8 Å². The summed E-state index contributed by atoms with van der Waals surface area (Å²) in [6.45, 7) is 4.92. The fourth-order valence-corrected chi connectivity index (χ4v) is 6.66. The van der Waals surface area contributed by atoms with E-state index < -0.39 is 29.6 Å². The molecule has 1 saturated heterocycles. The first-order valence-electron chi connectivity index (χ1n) is 16.6. The number of rotatable bonds is 10. The summed E-state index contributed by atoms with van der Waals surface area (Å²) >= 11 is 6.09. The molecule has 52 heavy (non-hydrogen) atoms. The van der Waals surface area contributed by atoms with Gasteiger partial charge in [-0.2, -0.15) is 9.78 Å². The molecule has 16 heteroatoms. The summed E-state index contributed by atoms with van der Waals surface area (Å²) in [5.41, 5.74) is 3.96. The number of benzene rings is 3. The fraction of sp³-hybridized carbons (Fsp3) is 0.250. The Balaban J connectivity index is 1.20. The second kappa shape index (κ2) is 15.2. The molecule has 2 aliphatic heterocycles. The largest absolute Gasteiger partial charge is 0.478 e. The minimum absolute atomic E-state index is 0.0157. The first-order chi connectivity index (χ1) is 25.3. The summed E-state index contributed by atoms with van der Waals surface area (Å²) in [5, 5.41) is 27.7. The second-order valence-electron chi connectivity index (χ2n) is 12.3. The number of halogens is 2. The molecule has 1 fully saturated rings. The van der Waals surface area contributed by atoms with Crippen LogP contribution in [0.25, 0.3) is 22.9 Å². The van der Waals surface area contributed by atoms with Crippen molar-refractivity contribution in [3.63, 3.8) is 0 Å². The van der Waals surface area contributed by atoms with Gasteiger partial charge in [-0.25, -0.2) is 9.18 Å². The maximum absolute atomic E-state index is 15.3. The van der Waals surface area contributed by atoms with E-state index in [1.807, 2.05) is 29.1 Å². The average molecular weight is 726 g/mol. The maximum atomic E-state index is 15.3. The van der Waals surface area contributed by atoms with E-state index in [4.69, 9.17) is 16.3 Å². The first kappa shape index (κ1) is 34.7. The predicted octanol–water partition coefficient (Wildman–Crippen LogP) is 4.13. The van der Waals surface area contributed by atoms with Gasteiger partial charge in [0.25, 0.3) is 5.91 Å². The van der Waals surface area contributed by atoms with E-state index in [0.29, 0.717) is 24.2 Å². The molecule has 0 saturated carbocycles. The third-order valence-electron chi connectivity index (χ3n) is 9.14. The van der Waals surface area contributed by atoms with Gasteiger partial charge in [-0.15, -0.1) is 5.10 Å². The van der Waals surface area contributed by atoms with E-state index in [-0.39, 0.29) is 28.4 Å². The van der Waals surface area contributed by atoms with E-state index >= 15 is 4.39 Å². The molecule has 4 heterocycles.